The van der Waals surface area contributed by atoms with Gasteiger partial charge in [0, 0.05) is 6.20 Å². The highest BCUT2D eigenvalue weighted by Crippen LogP contribution is 2.16. The smallest absolute Gasteiger partial charge is 0.0725 e. The molecule has 1 rings (SSSR count). The molecule has 0 aliphatic rings. The fourth-order valence-corrected chi connectivity index (χ4v) is 0.806. The Hall–Kier alpha value is -1.62. The molecule has 0 spiro atoms. The fraction of sp³-hybridized carbons (Fsp3) is 0.273. The van der Waals surface area contributed by atoms with Gasteiger partial charge in [0.1, 0.15) is 0 Å². The second kappa shape index (κ2) is 3.86. The lowest BCUT2D eigenvalue weighted by Gasteiger charge is -2.06. The Morgan fingerprint density at radius 3 is 2.77 bits per heavy atom. The zero-order valence-corrected chi connectivity index (χ0v) is 7.86. The zero-order chi connectivity index (χ0) is 9.73. The van der Waals surface area contributed by atoms with E-state index in [1.807, 2.05) is 44.2 Å². The molecule has 0 atom stereocenters. The first-order valence-corrected chi connectivity index (χ1v) is 4.15. The molecule has 13 heavy (non-hydrogen) atoms. The van der Waals surface area contributed by atoms with Crippen molar-refractivity contribution in [3.8, 4) is 6.07 Å². The molecule has 0 aliphatic carbocycles. The van der Waals surface area contributed by atoms with Gasteiger partial charge < -0.3 is 0 Å². The Morgan fingerprint density at radius 2 is 2.23 bits per heavy atom. The first-order valence-electron chi connectivity index (χ1n) is 4.15. The number of nitrogens with zero attached hydrogens (tertiary/aromatic N) is 2. The van der Waals surface area contributed by atoms with Gasteiger partial charge in [-0.15, -0.1) is 0 Å². The summed E-state index contributed by atoms with van der Waals surface area (Å²) in [6.07, 6.45) is 5.46. The van der Waals surface area contributed by atoms with Gasteiger partial charge in [0.15, 0.2) is 0 Å². The Morgan fingerprint density at radius 1 is 1.46 bits per heavy atom. The third kappa shape index (κ3) is 3.08. The number of rotatable bonds is 2. The van der Waals surface area contributed by atoms with Gasteiger partial charge >= 0.3 is 0 Å². The monoisotopic (exact) mass is 172 g/mol. The van der Waals surface area contributed by atoms with Crippen molar-refractivity contribution in [1.29, 1.82) is 5.26 Å². The average Bonchev–Trinajstić information content (AvgIpc) is 2.17. The molecule has 0 bridgehead atoms. The summed E-state index contributed by atoms with van der Waals surface area (Å²) in [7, 11) is 0. The minimum absolute atomic E-state index is 0.419. The first kappa shape index (κ1) is 9.47. The van der Waals surface area contributed by atoms with Crippen LogP contribution in [0.3, 0.4) is 0 Å². The quantitative estimate of drug-likeness (QED) is 0.687. The van der Waals surface area contributed by atoms with Crippen LogP contribution in [-0.4, -0.2) is 4.98 Å². The summed E-state index contributed by atoms with van der Waals surface area (Å²) in [5.41, 5.74) is 0.461. The summed E-state index contributed by atoms with van der Waals surface area (Å²) in [6.45, 7) is 3.74. The summed E-state index contributed by atoms with van der Waals surface area (Å²) < 4.78 is 0. The van der Waals surface area contributed by atoms with Crippen LogP contribution in [0, 0.1) is 16.7 Å². The Bertz CT molecular complexity index is 331. The molecule has 0 saturated carbocycles. The molecule has 0 unspecified atom stereocenters. The lowest BCUT2D eigenvalue weighted by atomic mass is 9.95. The first-order chi connectivity index (χ1) is 6.14. The van der Waals surface area contributed by atoms with Gasteiger partial charge in [0.25, 0.3) is 0 Å². The Balaban J connectivity index is 2.77. The van der Waals surface area contributed by atoms with Crippen LogP contribution in [-0.2, 0) is 0 Å². The van der Waals surface area contributed by atoms with Gasteiger partial charge in [0.2, 0.25) is 0 Å². The lowest BCUT2D eigenvalue weighted by molar-refractivity contribution is 0.647. The van der Waals surface area contributed by atoms with E-state index in [4.69, 9.17) is 5.26 Å². The molecule has 0 aliphatic heterocycles. The Kier molecular flexibility index (Phi) is 2.81. The van der Waals surface area contributed by atoms with Gasteiger partial charge in [-0.2, -0.15) is 5.26 Å². The minimum atomic E-state index is -0.419. The minimum Gasteiger partial charge on any atom is -0.257 e. The maximum Gasteiger partial charge on any atom is 0.0725 e. The molecule has 0 saturated heterocycles. The number of pyridine rings is 1. The van der Waals surface area contributed by atoms with Crippen molar-refractivity contribution >= 4 is 6.08 Å². The van der Waals surface area contributed by atoms with Crippen LogP contribution in [0.4, 0.5) is 0 Å². The van der Waals surface area contributed by atoms with E-state index in [-0.39, 0.29) is 0 Å². The molecule has 1 aromatic rings. The number of nitriles is 1. The summed E-state index contributed by atoms with van der Waals surface area (Å²) in [5, 5.41) is 8.75. The van der Waals surface area contributed by atoms with E-state index in [1.54, 1.807) is 6.20 Å². The van der Waals surface area contributed by atoms with Crippen LogP contribution in [0.2, 0.25) is 0 Å². The standard InChI is InChI=1S/C11H12N2/c1-11(2,9-12)7-6-10-5-3-4-8-13-10/h3-8H,1-2H3/b7-6+. The van der Waals surface area contributed by atoms with Crippen molar-refractivity contribution in [2.24, 2.45) is 5.41 Å². The summed E-state index contributed by atoms with van der Waals surface area (Å²) in [4.78, 5) is 4.12. The van der Waals surface area contributed by atoms with Crippen LogP contribution in [0.25, 0.3) is 6.08 Å². The van der Waals surface area contributed by atoms with Crippen LogP contribution in [0.1, 0.15) is 19.5 Å². The normalized spacial score (nSPS) is 11.5. The van der Waals surface area contributed by atoms with E-state index in [0.717, 1.165) is 5.69 Å². The van der Waals surface area contributed by atoms with Gasteiger partial charge in [0.05, 0.1) is 17.2 Å². The third-order valence-electron chi connectivity index (χ3n) is 1.65. The van der Waals surface area contributed by atoms with E-state index in [1.165, 1.54) is 0 Å². The molecular formula is C11H12N2. The van der Waals surface area contributed by atoms with Gasteiger partial charge in [-0.25, -0.2) is 0 Å². The van der Waals surface area contributed by atoms with Crippen molar-refractivity contribution in [1.82, 2.24) is 4.98 Å². The predicted molar refractivity (Wildman–Crippen MR) is 52.7 cm³/mol. The molecule has 0 amide bonds. The van der Waals surface area contributed by atoms with Crippen LogP contribution >= 0.6 is 0 Å². The molecule has 0 radical (unpaired) electrons. The maximum absolute atomic E-state index is 8.75. The fourth-order valence-electron chi connectivity index (χ4n) is 0.806. The van der Waals surface area contributed by atoms with E-state index in [2.05, 4.69) is 11.1 Å². The number of aromatic nitrogens is 1. The average molecular weight is 172 g/mol. The second-order valence-electron chi connectivity index (χ2n) is 3.42. The van der Waals surface area contributed by atoms with Crippen LogP contribution in [0.5, 0.6) is 0 Å². The van der Waals surface area contributed by atoms with E-state index < -0.39 is 5.41 Å². The Labute approximate surface area is 78.5 Å². The predicted octanol–water partition coefficient (Wildman–Crippen LogP) is 2.64. The van der Waals surface area contributed by atoms with Gasteiger partial charge in [-0.1, -0.05) is 12.1 Å². The van der Waals surface area contributed by atoms with Crippen molar-refractivity contribution in [2.75, 3.05) is 0 Å². The lowest BCUT2D eigenvalue weighted by Crippen LogP contribution is -2.01. The molecular weight excluding hydrogens is 160 g/mol. The number of hydrogen-bond donors (Lipinski definition) is 0. The molecule has 1 aromatic heterocycles. The van der Waals surface area contributed by atoms with Crippen molar-refractivity contribution in [3.05, 3.63) is 36.2 Å². The highest BCUT2D eigenvalue weighted by Gasteiger charge is 2.10. The SMILES string of the molecule is CC(C)(C#N)/C=C/c1ccccn1. The molecule has 2 nitrogen and oxygen atoms in total. The van der Waals surface area contributed by atoms with Crippen molar-refractivity contribution in [2.45, 2.75) is 13.8 Å². The highest BCUT2D eigenvalue weighted by atomic mass is 14.6. The second-order valence-corrected chi connectivity index (χ2v) is 3.42. The highest BCUT2D eigenvalue weighted by molar-refractivity contribution is 5.45. The van der Waals surface area contributed by atoms with Crippen LogP contribution in [0.15, 0.2) is 30.5 Å². The van der Waals surface area contributed by atoms with Crippen molar-refractivity contribution in [3.63, 3.8) is 0 Å². The third-order valence-corrected chi connectivity index (χ3v) is 1.65. The summed E-state index contributed by atoms with van der Waals surface area (Å²) >= 11 is 0. The maximum atomic E-state index is 8.75. The van der Waals surface area contributed by atoms with E-state index >= 15 is 0 Å². The van der Waals surface area contributed by atoms with Gasteiger partial charge in [-0.05, 0) is 32.1 Å². The molecule has 0 aromatic carbocycles. The molecule has 2 heteroatoms. The van der Waals surface area contributed by atoms with E-state index in [0.29, 0.717) is 0 Å². The van der Waals surface area contributed by atoms with Gasteiger partial charge in [-0.3, -0.25) is 4.98 Å². The van der Waals surface area contributed by atoms with E-state index in [9.17, 15) is 0 Å². The number of hydrogen-bond acceptors (Lipinski definition) is 2. The topological polar surface area (TPSA) is 36.7 Å². The van der Waals surface area contributed by atoms with Crippen molar-refractivity contribution < 1.29 is 0 Å². The molecule has 1 heterocycles. The zero-order valence-electron chi connectivity index (χ0n) is 7.86. The summed E-state index contributed by atoms with van der Waals surface area (Å²) in [6, 6.07) is 7.89. The largest absolute Gasteiger partial charge is 0.257 e. The molecule has 0 N–H and O–H groups in total. The van der Waals surface area contributed by atoms with Crippen LogP contribution < -0.4 is 0 Å². The summed E-state index contributed by atoms with van der Waals surface area (Å²) in [5.74, 6) is 0. The molecule has 66 valence electrons. The molecule has 0 fully saturated rings. The number of allylic oxidation sites excluding steroid dienone is 1.